The van der Waals surface area contributed by atoms with Gasteiger partial charge in [0.1, 0.15) is 11.6 Å². The standard InChI is InChI=1S/C14H13Cl2FN2O/c1-20-13-7-9(16)3-5-11(13)14(19-18)10-4-2-8(15)6-12(10)17/h2-7,14,19H,18H2,1H3. The molecule has 0 bridgehead atoms. The molecule has 3 N–H and O–H groups in total. The summed E-state index contributed by atoms with van der Waals surface area (Å²) in [6, 6.07) is 8.93. The number of hydrazine groups is 1. The Balaban J connectivity index is 2.52. The molecular formula is C14H13Cl2FN2O. The normalized spacial score (nSPS) is 12.2. The van der Waals surface area contributed by atoms with Gasteiger partial charge >= 0.3 is 0 Å². The number of methoxy groups -OCH3 is 1. The summed E-state index contributed by atoms with van der Waals surface area (Å²) in [5, 5.41) is 0.850. The number of hydrogen-bond donors (Lipinski definition) is 2. The molecule has 0 amide bonds. The predicted molar refractivity (Wildman–Crippen MR) is 78.6 cm³/mol. The highest BCUT2D eigenvalue weighted by atomic mass is 35.5. The molecule has 2 aromatic carbocycles. The van der Waals surface area contributed by atoms with Crippen molar-refractivity contribution in [1.82, 2.24) is 5.43 Å². The van der Waals surface area contributed by atoms with E-state index < -0.39 is 11.9 Å². The summed E-state index contributed by atoms with van der Waals surface area (Å²) in [6.45, 7) is 0. The highest BCUT2D eigenvalue weighted by Gasteiger charge is 2.20. The Kier molecular flexibility index (Phi) is 4.83. The fourth-order valence-corrected chi connectivity index (χ4v) is 2.33. The lowest BCUT2D eigenvalue weighted by Gasteiger charge is -2.20. The molecule has 3 nitrogen and oxygen atoms in total. The van der Waals surface area contributed by atoms with Crippen molar-refractivity contribution in [2.75, 3.05) is 7.11 Å². The monoisotopic (exact) mass is 314 g/mol. The number of halogens is 3. The quantitative estimate of drug-likeness (QED) is 0.668. The van der Waals surface area contributed by atoms with Crippen molar-refractivity contribution in [2.45, 2.75) is 6.04 Å². The third-order valence-corrected chi connectivity index (χ3v) is 3.42. The molecule has 0 fully saturated rings. The minimum Gasteiger partial charge on any atom is -0.496 e. The molecule has 20 heavy (non-hydrogen) atoms. The molecule has 0 aliphatic carbocycles. The smallest absolute Gasteiger partial charge is 0.129 e. The first kappa shape index (κ1) is 15.1. The van der Waals surface area contributed by atoms with Crippen molar-refractivity contribution >= 4 is 23.2 Å². The van der Waals surface area contributed by atoms with Gasteiger partial charge in [-0.2, -0.15) is 0 Å². The zero-order valence-electron chi connectivity index (χ0n) is 10.7. The van der Waals surface area contributed by atoms with Crippen LogP contribution in [0.3, 0.4) is 0 Å². The van der Waals surface area contributed by atoms with E-state index >= 15 is 0 Å². The average Bonchev–Trinajstić information content (AvgIpc) is 2.43. The molecule has 0 saturated heterocycles. The Bertz CT molecular complexity index is 622. The molecule has 6 heteroatoms. The van der Waals surface area contributed by atoms with Crippen LogP contribution in [0.2, 0.25) is 10.0 Å². The van der Waals surface area contributed by atoms with E-state index in [1.807, 2.05) is 0 Å². The van der Waals surface area contributed by atoms with Crippen LogP contribution in [0.15, 0.2) is 36.4 Å². The highest BCUT2D eigenvalue weighted by molar-refractivity contribution is 6.31. The zero-order valence-corrected chi connectivity index (χ0v) is 12.2. The molecule has 0 radical (unpaired) electrons. The lowest BCUT2D eigenvalue weighted by Crippen LogP contribution is -2.29. The van der Waals surface area contributed by atoms with Crippen molar-refractivity contribution in [1.29, 1.82) is 0 Å². The third-order valence-electron chi connectivity index (χ3n) is 2.95. The van der Waals surface area contributed by atoms with Crippen LogP contribution in [0.1, 0.15) is 17.2 Å². The van der Waals surface area contributed by atoms with Crippen LogP contribution >= 0.6 is 23.2 Å². The topological polar surface area (TPSA) is 47.3 Å². The zero-order chi connectivity index (χ0) is 14.7. The molecule has 1 atom stereocenters. The van der Waals surface area contributed by atoms with Gasteiger partial charge in [0.2, 0.25) is 0 Å². The van der Waals surface area contributed by atoms with Crippen molar-refractivity contribution in [2.24, 2.45) is 5.84 Å². The summed E-state index contributed by atoms with van der Waals surface area (Å²) in [5.41, 5.74) is 3.64. The van der Waals surface area contributed by atoms with Gasteiger partial charge in [-0.1, -0.05) is 35.3 Å². The van der Waals surface area contributed by atoms with Crippen LogP contribution in [0.4, 0.5) is 4.39 Å². The molecule has 0 saturated carbocycles. The molecule has 2 aromatic rings. The van der Waals surface area contributed by atoms with E-state index in [0.29, 0.717) is 26.9 Å². The summed E-state index contributed by atoms with van der Waals surface area (Å²) in [4.78, 5) is 0. The molecule has 0 heterocycles. The Morgan fingerprint density at radius 3 is 2.25 bits per heavy atom. The first-order valence-electron chi connectivity index (χ1n) is 5.81. The summed E-state index contributed by atoms with van der Waals surface area (Å²) in [7, 11) is 1.51. The molecule has 0 aromatic heterocycles. The van der Waals surface area contributed by atoms with E-state index in [2.05, 4.69) is 5.43 Å². The maximum atomic E-state index is 14.0. The van der Waals surface area contributed by atoms with Gasteiger partial charge in [0.15, 0.2) is 0 Å². The number of rotatable bonds is 4. The van der Waals surface area contributed by atoms with E-state index in [4.69, 9.17) is 33.8 Å². The fraction of sp³-hybridized carbons (Fsp3) is 0.143. The van der Waals surface area contributed by atoms with Gasteiger partial charge in [-0.3, -0.25) is 5.84 Å². The lowest BCUT2D eigenvalue weighted by atomic mass is 9.98. The Hall–Kier alpha value is -1.33. The van der Waals surface area contributed by atoms with E-state index in [1.165, 1.54) is 13.2 Å². The summed E-state index contributed by atoms with van der Waals surface area (Å²) >= 11 is 11.7. The van der Waals surface area contributed by atoms with Gasteiger partial charge in [0.25, 0.3) is 0 Å². The molecule has 0 aliphatic heterocycles. The number of nitrogens with one attached hydrogen (secondary N) is 1. The second-order valence-corrected chi connectivity index (χ2v) is 5.02. The maximum absolute atomic E-state index is 14.0. The lowest BCUT2D eigenvalue weighted by molar-refractivity contribution is 0.403. The molecule has 106 valence electrons. The molecule has 0 spiro atoms. The molecular weight excluding hydrogens is 302 g/mol. The molecule has 0 aliphatic rings. The first-order valence-corrected chi connectivity index (χ1v) is 6.57. The van der Waals surface area contributed by atoms with Gasteiger partial charge in [-0.25, -0.2) is 9.82 Å². The van der Waals surface area contributed by atoms with Gasteiger partial charge in [0, 0.05) is 21.2 Å². The van der Waals surface area contributed by atoms with Crippen LogP contribution in [-0.2, 0) is 0 Å². The Morgan fingerprint density at radius 2 is 1.70 bits per heavy atom. The Labute approximate surface area is 126 Å². The second kappa shape index (κ2) is 6.41. The van der Waals surface area contributed by atoms with Gasteiger partial charge < -0.3 is 4.74 Å². The minimum absolute atomic E-state index is 0.324. The number of ether oxygens (including phenoxy) is 1. The summed E-state index contributed by atoms with van der Waals surface area (Å²) in [6.07, 6.45) is 0. The highest BCUT2D eigenvalue weighted by Crippen LogP contribution is 2.33. The first-order chi connectivity index (χ1) is 9.56. The third kappa shape index (κ3) is 3.04. The van der Waals surface area contributed by atoms with E-state index in [1.54, 1.807) is 30.3 Å². The largest absolute Gasteiger partial charge is 0.496 e. The van der Waals surface area contributed by atoms with Gasteiger partial charge in [-0.15, -0.1) is 0 Å². The van der Waals surface area contributed by atoms with Crippen LogP contribution in [0.25, 0.3) is 0 Å². The fourth-order valence-electron chi connectivity index (χ4n) is 2.01. The van der Waals surface area contributed by atoms with Crippen LogP contribution < -0.4 is 16.0 Å². The van der Waals surface area contributed by atoms with Crippen molar-refractivity contribution in [3.05, 3.63) is 63.4 Å². The van der Waals surface area contributed by atoms with Crippen molar-refractivity contribution < 1.29 is 9.13 Å². The van der Waals surface area contributed by atoms with Gasteiger partial charge in [-0.05, 0) is 24.3 Å². The van der Waals surface area contributed by atoms with E-state index in [9.17, 15) is 4.39 Å². The SMILES string of the molecule is COc1cc(Cl)ccc1C(NN)c1ccc(Cl)cc1F. The van der Waals surface area contributed by atoms with Crippen LogP contribution in [-0.4, -0.2) is 7.11 Å². The number of nitrogens with two attached hydrogens (primary N) is 1. The molecule has 1 unspecified atom stereocenters. The number of hydrogen-bond acceptors (Lipinski definition) is 3. The second-order valence-electron chi connectivity index (χ2n) is 4.15. The maximum Gasteiger partial charge on any atom is 0.129 e. The van der Waals surface area contributed by atoms with E-state index in [-0.39, 0.29) is 0 Å². The van der Waals surface area contributed by atoms with E-state index in [0.717, 1.165) is 0 Å². The summed E-state index contributed by atoms with van der Waals surface area (Å²) in [5.74, 6) is 5.64. The van der Waals surface area contributed by atoms with Crippen molar-refractivity contribution in [3.63, 3.8) is 0 Å². The van der Waals surface area contributed by atoms with Crippen molar-refractivity contribution in [3.8, 4) is 5.75 Å². The predicted octanol–water partition coefficient (Wildman–Crippen LogP) is 3.69. The van der Waals surface area contributed by atoms with Crippen LogP contribution in [0.5, 0.6) is 5.75 Å². The van der Waals surface area contributed by atoms with Gasteiger partial charge in [0.05, 0.1) is 13.2 Å². The number of benzene rings is 2. The minimum atomic E-state index is -0.570. The molecule has 2 rings (SSSR count). The average molecular weight is 315 g/mol. The Morgan fingerprint density at radius 1 is 1.10 bits per heavy atom. The van der Waals surface area contributed by atoms with Crippen LogP contribution in [0, 0.1) is 5.82 Å². The summed E-state index contributed by atoms with van der Waals surface area (Å²) < 4.78 is 19.3.